The van der Waals surface area contributed by atoms with Crippen LogP contribution in [0.2, 0.25) is 0 Å². The van der Waals surface area contributed by atoms with Gasteiger partial charge in [0.1, 0.15) is 0 Å². The lowest BCUT2D eigenvalue weighted by atomic mass is 10.0. The van der Waals surface area contributed by atoms with Crippen LogP contribution in [0.25, 0.3) is 10.9 Å². The third-order valence-corrected chi connectivity index (χ3v) is 5.98. The molecule has 1 aliphatic heterocycles. The fourth-order valence-electron chi connectivity index (χ4n) is 4.31. The summed E-state index contributed by atoms with van der Waals surface area (Å²) in [5.74, 6) is -0.663. The standard InChI is InChI=1S/C28H24N2O3/c31-27(19-33-28(32)18-17-23-16-15-20-7-1-4-10-24(20)29-23)30-25-11-5-2-8-21(25)13-14-22-9-3-6-12-26(22)30/h1-12,15-16H,13-14,17-19H2. The van der Waals surface area contributed by atoms with Gasteiger partial charge in [0.05, 0.1) is 23.3 Å². The maximum atomic E-state index is 13.2. The molecular formula is C28H24N2O3. The average molecular weight is 437 g/mol. The molecule has 0 unspecified atom stereocenters. The molecule has 2 heterocycles. The molecule has 0 bridgehead atoms. The number of aromatic nitrogens is 1. The van der Waals surface area contributed by atoms with Crippen molar-refractivity contribution in [2.24, 2.45) is 0 Å². The van der Waals surface area contributed by atoms with E-state index < -0.39 is 5.97 Å². The number of carbonyl (C=O) groups is 2. The van der Waals surface area contributed by atoms with Gasteiger partial charge in [-0.1, -0.05) is 60.7 Å². The van der Waals surface area contributed by atoms with E-state index in [0.29, 0.717) is 6.42 Å². The van der Waals surface area contributed by atoms with Crippen molar-refractivity contribution in [3.05, 3.63) is 102 Å². The van der Waals surface area contributed by atoms with Crippen LogP contribution in [0.1, 0.15) is 23.2 Å². The number of anilines is 2. The third kappa shape index (κ3) is 4.48. The fraction of sp³-hybridized carbons (Fsp3) is 0.179. The van der Waals surface area contributed by atoms with Gasteiger partial charge in [0.15, 0.2) is 6.61 Å². The Balaban J connectivity index is 1.26. The number of benzene rings is 3. The number of nitrogens with zero attached hydrogens (tertiary/aromatic N) is 2. The van der Waals surface area contributed by atoms with Crippen LogP contribution in [0.3, 0.4) is 0 Å². The molecule has 0 radical (unpaired) electrons. The Morgan fingerprint density at radius 1 is 0.788 bits per heavy atom. The summed E-state index contributed by atoms with van der Waals surface area (Å²) in [7, 11) is 0. The van der Waals surface area contributed by atoms with Crippen molar-refractivity contribution in [3.63, 3.8) is 0 Å². The van der Waals surface area contributed by atoms with Crippen LogP contribution in [-0.2, 0) is 33.6 Å². The van der Waals surface area contributed by atoms with E-state index in [1.165, 1.54) is 0 Å². The lowest BCUT2D eigenvalue weighted by Gasteiger charge is -2.24. The van der Waals surface area contributed by atoms with Gasteiger partial charge < -0.3 is 4.74 Å². The van der Waals surface area contributed by atoms with Gasteiger partial charge in [-0.15, -0.1) is 0 Å². The molecule has 1 aromatic heterocycles. The minimum Gasteiger partial charge on any atom is -0.456 e. The van der Waals surface area contributed by atoms with E-state index in [0.717, 1.165) is 51.9 Å². The second kappa shape index (κ2) is 9.25. The average Bonchev–Trinajstić information content (AvgIpc) is 3.03. The van der Waals surface area contributed by atoms with Crippen LogP contribution in [0.15, 0.2) is 84.9 Å². The highest BCUT2D eigenvalue weighted by atomic mass is 16.5. The van der Waals surface area contributed by atoms with Crippen molar-refractivity contribution in [1.29, 1.82) is 0 Å². The number of hydrogen-bond donors (Lipinski definition) is 0. The maximum Gasteiger partial charge on any atom is 0.306 e. The van der Waals surface area contributed by atoms with Gasteiger partial charge >= 0.3 is 5.97 Å². The second-order valence-electron chi connectivity index (χ2n) is 8.14. The number of carbonyl (C=O) groups excluding carboxylic acids is 2. The Labute approximate surface area is 192 Å². The van der Waals surface area contributed by atoms with Gasteiger partial charge in [0, 0.05) is 17.5 Å². The van der Waals surface area contributed by atoms with Crippen molar-refractivity contribution in [1.82, 2.24) is 4.98 Å². The van der Waals surface area contributed by atoms with E-state index in [9.17, 15) is 9.59 Å². The summed E-state index contributed by atoms with van der Waals surface area (Å²) in [4.78, 5) is 31.9. The largest absolute Gasteiger partial charge is 0.456 e. The van der Waals surface area contributed by atoms with Crippen LogP contribution in [0.4, 0.5) is 11.4 Å². The summed E-state index contributed by atoms with van der Waals surface area (Å²) >= 11 is 0. The lowest BCUT2D eigenvalue weighted by Crippen LogP contribution is -2.31. The molecule has 0 fully saturated rings. The summed E-state index contributed by atoms with van der Waals surface area (Å²) in [6, 6.07) is 27.6. The number of para-hydroxylation sites is 3. The first-order chi connectivity index (χ1) is 16.2. The number of ether oxygens (including phenoxy) is 1. The number of pyridine rings is 1. The molecule has 0 saturated heterocycles. The lowest BCUT2D eigenvalue weighted by molar-refractivity contribution is -0.147. The zero-order valence-electron chi connectivity index (χ0n) is 18.2. The number of amides is 1. The topological polar surface area (TPSA) is 59.5 Å². The van der Waals surface area contributed by atoms with Crippen LogP contribution in [-0.4, -0.2) is 23.5 Å². The van der Waals surface area contributed by atoms with Crippen LogP contribution in [0.5, 0.6) is 0 Å². The quantitative estimate of drug-likeness (QED) is 0.405. The molecule has 1 amide bonds. The molecule has 5 nitrogen and oxygen atoms in total. The van der Waals surface area contributed by atoms with Crippen LogP contribution >= 0.6 is 0 Å². The molecule has 0 saturated carbocycles. The summed E-state index contributed by atoms with van der Waals surface area (Å²) < 4.78 is 5.38. The summed E-state index contributed by atoms with van der Waals surface area (Å²) in [5, 5.41) is 1.06. The van der Waals surface area contributed by atoms with Crippen molar-refractivity contribution < 1.29 is 14.3 Å². The summed E-state index contributed by atoms with van der Waals surface area (Å²) in [5.41, 5.74) is 5.64. The number of hydrogen-bond acceptors (Lipinski definition) is 4. The Morgan fingerprint density at radius 2 is 1.42 bits per heavy atom. The number of fused-ring (bicyclic) bond motifs is 3. The van der Waals surface area contributed by atoms with E-state index in [2.05, 4.69) is 4.98 Å². The Bertz CT molecular complexity index is 1280. The highest BCUT2D eigenvalue weighted by Gasteiger charge is 2.26. The van der Waals surface area contributed by atoms with E-state index in [1.807, 2.05) is 84.9 Å². The monoisotopic (exact) mass is 436 g/mol. The zero-order valence-corrected chi connectivity index (χ0v) is 18.2. The third-order valence-electron chi connectivity index (χ3n) is 5.98. The van der Waals surface area contributed by atoms with Crippen molar-refractivity contribution in [2.75, 3.05) is 11.5 Å². The molecule has 164 valence electrons. The van der Waals surface area contributed by atoms with Gasteiger partial charge in [-0.05, 0) is 48.2 Å². The molecule has 3 aromatic carbocycles. The Morgan fingerprint density at radius 3 is 2.15 bits per heavy atom. The van der Waals surface area contributed by atoms with Crippen molar-refractivity contribution in [3.8, 4) is 0 Å². The van der Waals surface area contributed by atoms with Gasteiger partial charge in [-0.25, -0.2) is 0 Å². The highest BCUT2D eigenvalue weighted by Crippen LogP contribution is 2.36. The Hall–Kier alpha value is -3.99. The van der Waals surface area contributed by atoms with Gasteiger partial charge in [-0.3, -0.25) is 19.5 Å². The predicted octanol–water partition coefficient (Wildman–Crippen LogP) is 5.17. The molecule has 5 rings (SSSR count). The van der Waals surface area contributed by atoms with E-state index in [-0.39, 0.29) is 18.9 Å². The van der Waals surface area contributed by atoms with Crippen LogP contribution in [0, 0.1) is 0 Å². The summed E-state index contributed by atoms with van der Waals surface area (Å²) in [6.45, 7) is -0.299. The van der Waals surface area contributed by atoms with E-state index in [4.69, 9.17) is 4.74 Å². The summed E-state index contributed by atoms with van der Waals surface area (Å²) in [6.07, 6.45) is 2.35. The van der Waals surface area contributed by atoms with Gasteiger partial charge in [0.25, 0.3) is 5.91 Å². The minimum atomic E-state index is -0.408. The first-order valence-corrected chi connectivity index (χ1v) is 11.2. The zero-order chi connectivity index (χ0) is 22.6. The molecule has 1 aliphatic rings. The number of rotatable bonds is 5. The molecule has 33 heavy (non-hydrogen) atoms. The molecule has 0 aliphatic carbocycles. The SMILES string of the molecule is O=C(CCc1ccc2ccccc2n1)OCC(=O)N1c2ccccc2CCc2ccccc21. The number of aryl methyl sites for hydroxylation is 3. The van der Waals surface area contributed by atoms with Crippen LogP contribution < -0.4 is 4.90 Å². The second-order valence-corrected chi connectivity index (χ2v) is 8.14. The normalized spacial score (nSPS) is 12.5. The molecule has 0 N–H and O–H groups in total. The maximum absolute atomic E-state index is 13.2. The minimum absolute atomic E-state index is 0.172. The van der Waals surface area contributed by atoms with E-state index >= 15 is 0 Å². The van der Waals surface area contributed by atoms with Crippen molar-refractivity contribution >= 4 is 34.2 Å². The van der Waals surface area contributed by atoms with E-state index in [1.54, 1.807) is 4.90 Å². The van der Waals surface area contributed by atoms with Gasteiger partial charge in [-0.2, -0.15) is 0 Å². The first-order valence-electron chi connectivity index (χ1n) is 11.2. The highest BCUT2D eigenvalue weighted by molar-refractivity contribution is 6.03. The molecule has 5 heteroatoms. The fourth-order valence-corrected chi connectivity index (χ4v) is 4.31. The molecule has 0 spiro atoms. The first kappa shape index (κ1) is 20.9. The smallest absolute Gasteiger partial charge is 0.306 e. The molecule has 0 atom stereocenters. The van der Waals surface area contributed by atoms with Gasteiger partial charge in [0.2, 0.25) is 0 Å². The number of esters is 1. The van der Waals surface area contributed by atoms with Crippen molar-refractivity contribution in [2.45, 2.75) is 25.7 Å². The predicted molar refractivity (Wildman–Crippen MR) is 128 cm³/mol. The molecular weight excluding hydrogens is 412 g/mol. The Kier molecular flexibility index (Phi) is 5.85. The molecule has 4 aromatic rings.